The summed E-state index contributed by atoms with van der Waals surface area (Å²) in [4.78, 5) is 12.7. The molecule has 0 saturated heterocycles. The molecule has 1 amide bonds. The Labute approximate surface area is 86.2 Å². The highest BCUT2D eigenvalue weighted by atomic mass is 35.5. The van der Waals surface area contributed by atoms with E-state index in [1.165, 1.54) is 11.0 Å². The summed E-state index contributed by atoms with van der Waals surface area (Å²) in [6.45, 7) is 0. The van der Waals surface area contributed by atoms with Crippen molar-refractivity contribution < 1.29 is 9.90 Å². The van der Waals surface area contributed by atoms with Crippen LogP contribution < -0.4 is 4.90 Å². The maximum absolute atomic E-state index is 11.5. The molecular formula is C10H8ClNO2. The Bertz CT molecular complexity index is 388. The molecule has 1 heterocycles. The lowest BCUT2D eigenvalue weighted by atomic mass is 10.3. The monoisotopic (exact) mass is 209 g/mol. The molecule has 1 aliphatic rings. The Kier molecular flexibility index (Phi) is 2.27. The normalized spacial score (nSPS) is 21.3. The van der Waals surface area contributed by atoms with Crippen LogP contribution >= 0.6 is 11.6 Å². The minimum Gasteiger partial charge on any atom is -0.369 e. The number of benzene rings is 1. The third-order valence-electron chi connectivity index (χ3n) is 2.02. The summed E-state index contributed by atoms with van der Waals surface area (Å²) >= 11 is 5.61. The number of rotatable bonds is 1. The molecule has 1 atom stereocenters. The first-order chi connectivity index (χ1) is 6.70. The zero-order chi connectivity index (χ0) is 10.1. The SMILES string of the molecule is O=C1C(Cl)=CC(O)N1c1ccccc1. The number of amides is 1. The standard InChI is InChI=1S/C10H8ClNO2/c11-8-6-9(13)12(10(8)14)7-4-2-1-3-5-7/h1-6,9,13H. The van der Waals surface area contributed by atoms with Gasteiger partial charge in [0.2, 0.25) is 0 Å². The molecule has 1 aliphatic heterocycles. The number of anilines is 1. The summed E-state index contributed by atoms with van der Waals surface area (Å²) in [5, 5.41) is 9.58. The number of nitrogens with zero attached hydrogens (tertiary/aromatic N) is 1. The van der Waals surface area contributed by atoms with Gasteiger partial charge in [0.1, 0.15) is 5.03 Å². The second kappa shape index (κ2) is 3.44. The summed E-state index contributed by atoms with van der Waals surface area (Å²) in [5.41, 5.74) is 0.636. The van der Waals surface area contributed by atoms with E-state index in [4.69, 9.17) is 11.6 Å². The van der Waals surface area contributed by atoms with Crippen molar-refractivity contribution in [2.24, 2.45) is 0 Å². The number of aliphatic hydroxyl groups excluding tert-OH is 1. The van der Waals surface area contributed by atoms with Crippen LogP contribution in [-0.2, 0) is 4.79 Å². The molecule has 1 unspecified atom stereocenters. The highest BCUT2D eigenvalue weighted by molar-refractivity contribution is 6.45. The fourth-order valence-electron chi connectivity index (χ4n) is 1.37. The van der Waals surface area contributed by atoms with Gasteiger partial charge in [0.15, 0.2) is 6.23 Å². The molecule has 3 nitrogen and oxygen atoms in total. The molecule has 0 aromatic heterocycles. The van der Waals surface area contributed by atoms with E-state index in [2.05, 4.69) is 0 Å². The van der Waals surface area contributed by atoms with Gasteiger partial charge in [-0.25, -0.2) is 0 Å². The fraction of sp³-hybridized carbons (Fsp3) is 0.100. The predicted octanol–water partition coefficient (Wildman–Crippen LogP) is 1.47. The second-order valence-corrected chi connectivity index (χ2v) is 3.35. The van der Waals surface area contributed by atoms with Gasteiger partial charge in [0.25, 0.3) is 5.91 Å². The Morgan fingerprint density at radius 2 is 1.93 bits per heavy atom. The van der Waals surface area contributed by atoms with Gasteiger partial charge >= 0.3 is 0 Å². The maximum Gasteiger partial charge on any atom is 0.271 e. The van der Waals surface area contributed by atoms with Crippen LogP contribution in [0, 0.1) is 0 Å². The zero-order valence-electron chi connectivity index (χ0n) is 7.22. The van der Waals surface area contributed by atoms with Crippen molar-refractivity contribution in [3.05, 3.63) is 41.4 Å². The highest BCUT2D eigenvalue weighted by Gasteiger charge is 2.30. The minimum absolute atomic E-state index is 0.0568. The molecule has 1 aromatic carbocycles. The van der Waals surface area contributed by atoms with E-state index in [-0.39, 0.29) is 10.9 Å². The quantitative estimate of drug-likeness (QED) is 0.761. The first-order valence-electron chi connectivity index (χ1n) is 4.14. The number of hydrogen-bond acceptors (Lipinski definition) is 2. The van der Waals surface area contributed by atoms with Crippen LogP contribution in [0.4, 0.5) is 5.69 Å². The molecule has 0 bridgehead atoms. The molecule has 0 aliphatic carbocycles. The van der Waals surface area contributed by atoms with Gasteiger partial charge in [0.05, 0.1) is 0 Å². The average molecular weight is 210 g/mol. The molecule has 14 heavy (non-hydrogen) atoms. The fourth-order valence-corrected chi connectivity index (χ4v) is 1.57. The number of para-hydroxylation sites is 1. The van der Waals surface area contributed by atoms with Gasteiger partial charge < -0.3 is 5.11 Å². The summed E-state index contributed by atoms with van der Waals surface area (Å²) in [5.74, 6) is -0.370. The lowest BCUT2D eigenvalue weighted by Crippen LogP contribution is -2.33. The van der Waals surface area contributed by atoms with Crippen LogP contribution in [0.3, 0.4) is 0 Å². The Balaban J connectivity index is 2.34. The van der Waals surface area contributed by atoms with Crippen molar-refractivity contribution in [2.75, 3.05) is 4.90 Å². The van der Waals surface area contributed by atoms with E-state index in [1.807, 2.05) is 6.07 Å². The molecule has 0 spiro atoms. The lowest BCUT2D eigenvalue weighted by molar-refractivity contribution is -0.115. The molecule has 1 N–H and O–H groups in total. The topological polar surface area (TPSA) is 40.5 Å². The van der Waals surface area contributed by atoms with Crippen LogP contribution in [-0.4, -0.2) is 17.2 Å². The summed E-state index contributed by atoms with van der Waals surface area (Å²) in [6.07, 6.45) is 0.356. The number of carbonyl (C=O) groups excluding carboxylic acids is 1. The van der Waals surface area contributed by atoms with Crippen molar-refractivity contribution in [1.29, 1.82) is 0 Å². The van der Waals surface area contributed by atoms with Gasteiger partial charge in [-0.1, -0.05) is 29.8 Å². The molecule has 1 aromatic rings. The van der Waals surface area contributed by atoms with Crippen LogP contribution in [0.25, 0.3) is 0 Å². The van der Waals surface area contributed by atoms with Crippen molar-refractivity contribution in [1.82, 2.24) is 0 Å². The summed E-state index contributed by atoms with van der Waals surface area (Å²) in [6, 6.07) is 8.91. The number of hydrogen-bond donors (Lipinski definition) is 1. The lowest BCUT2D eigenvalue weighted by Gasteiger charge is -2.20. The van der Waals surface area contributed by atoms with E-state index in [0.29, 0.717) is 5.69 Å². The third-order valence-corrected chi connectivity index (χ3v) is 2.31. The van der Waals surface area contributed by atoms with Crippen molar-refractivity contribution >= 4 is 23.2 Å². The van der Waals surface area contributed by atoms with Gasteiger partial charge in [0, 0.05) is 5.69 Å². The molecule has 0 radical (unpaired) electrons. The number of aliphatic hydroxyl groups is 1. The molecule has 4 heteroatoms. The van der Waals surface area contributed by atoms with Gasteiger partial charge in [-0.15, -0.1) is 0 Å². The van der Waals surface area contributed by atoms with Crippen molar-refractivity contribution in [3.63, 3.8) is 0 Å². The number of halogens is 1. The molecule has 0 saturated carbocycles. The van der Waals surface area contributed by atoms with Crippen LogP contribution in [0.5, 0.6) is 0 Å². The molecule has 72 valence electrons. The van der Waals surface area contributed by atoms with Gasteiger partial charge in [-0.2, -0.15) is 0 Å². The Morgan fingerprint density at radius 3 is 2.43 bits per heavy atom. The Morgan fingerprint density at radius 1 is 1.29 bits per heavy atom. The van der Waals surface area contributed by atoms with Gasteiger partial charge in [-0.05, 0) is 18.2 Å². The predicted molar refractivity (Wildman–Crippen MR) is 53.9 cm³/mol. The van der Waals surface area contributed by atoms with Crippen molar-refractivity contribution in [2.45, 2.75) is 6.23 Å². The summed E-state index contributed by atoms with van der Waals surface area (Å²) in [7, 11) is 0. The first kappa shape index (κ1) is 9.24. The molecule has 2 rings (SSSR count). The van der Waals surface area contributed by atoms with Gasteiger partial charge in [-0.3, -0.25) is 9.69 Å². The molecular weight excluding hydrogens is 202 g/mol. The minimum atomic E-state index is -0.961. The third kappa shape index (κ3) is 1.41. The van der Waals surface area contributed by atoms with Crippen LogP contribution in [0.2, 0.25) is 0 Å². The summed E-state index contributed by atoms with van der Waals surface area (Å²) < 4.78 is 0. The zero-order valence-corrected chi connectivity index (χ0v) is 7.98. The van der Waals surface area contributed by atoms with E-state index < -0.39 is 6.23 Å². The van der Waals surface area contributed by atoms with Crippen LogP contribution in [0.15, 0.2) is 41.4 Å². The maximum atomic E-state index is 11.5. The van der Waals surface area contributed by atoms with E-state index >= 15 is 0 Å². The number of carbonyl (C=O) groups is 1. The largest absolute Gasteiger partial charge is 0.369 e. The van der Waals surface area contributed by atoms with E-state index in [0.717, 1.165) is 0 Å². The van der Waals surface area contributed by atoms with Crippen LogP contribution in [0.1, 0.15) is 0 Å². The van der Waals surface area contributed by atoms with E-state index in [9.17, 15) is 9.90 Å². The first-order valence-corrected chi connectivity index (χ1v) is 4.52. The van der Waals surface area contributed by atoms with E-state index in [1.54, 1.807) is 24.3 Å². The molecule has 0 fully saturated rings. The smallest absolute Gasteiger partial charge is 0.271 e. The average Bonchev–Trinajstić information content (AvgIpc) is 2.43. The second-order valence-electron chi connectivity index (χ2n) is 2.94. The highest BCUT2D eigenvalue weighted by Crippen LogP contribution is 2.25. The van der Waals surface area contributed by atoms with Crippen molar-refractivity contribution in [3.8, 4) is 0 Å². The Hall–Kier alpha value is -1.32.